The lowest BCUT2D eigenvalue weighted by Crippen LogP contribution is -2.52. The van der Waals surface area contributed by atoms with Crippen LogP contribution in [0, 0.1) is 5.92 Å². The average molecular weight is 452 g/mol. The van der Waals surface area contributed by atoms with Gasteiger partial charge in [-0.05, 0) is 17.4 Å². The first-order chi connectivity index (χ1) is 10.7. The van der Waals surface area contributed by atoms with Gasteiger partial charge in [0.15, 0.2) is 5.96 Å². The summed E-state index contributed by atoms with van der Waals surface area (Å²) in [5.41, 5.74) is 0. The molecular formula is C16H29IN4OS. The van der Waals surface area contributed by atoms with Gasteiger partial charge in [-0.3, -0.25) is 9.89 Å². The molecule has 1 aliphatic rings. The van der Waals surface area contributed by atoms with Gasteiger partial charge >= 0.3 is 0 Å². The third kappa shape index (κ3) is 6.94. The lowest BCUT2D eigenvalue weighted by Gasteiger charge is -2.37. The van der Waals surface area contributed by atoms with Gasteiger partial charge in [-0.1, -0.05) is 19.9 Å². The van der Waals surface area contributed by atoms with Gasteiger partial charge in [0, 0.05) is 37.6 Å². The number of guanidine groups is 1. The highest BCUT2D eigenvalue weighted by Crippen LogP contribution is 2.12. The fourth-order valence-electron chi connectivity index (χ4n) is 2.70. The molecule has 2 rings (SSSR count). The summed E-state index contributed by atoms with van der Waals surface area (Å²) in [5.74, 6) is 1.47. The molecule has 132 valence electrons. The Kier molecular flexibility index (Phi) is 10.1. The minimum atomic E-state index is 0. The fraction of sp³-hybridized carbons (Fsp3) is 0.688. The minimum absolute atomic E-state index is 0. The van der Waals surface area contributed by atoms with E-state index in [1.807, 2.05) is 7.05 Å². The van der Waals surface area contributed by atoms with Crippen molar-refractivity contribution in [3.05, 3.63) is 22.4 Å². The highest BCUT2D eigenvalue weighted by atomic mass is 127. The van der Waals surface area contributed by atoms with Gasteiger partial charge in [-0.25, -0.2) is 0 Å². The van der Waals surface area contributed by atoms with E-state index in [-0.39, 0.29) is 24.0 Å². The van der Waals surface area contributed by atoms with E-state index in [1.165, 1.54) is 4.88 Å². The van der Waals surface area contributed by atoms with E-state index < -0.39 is 0 Å². The Hall–Kier alpha value is -0.380. The largest absolute Gasteiger partial charge is 0.379 e. The third-order valence-corrected chi connectivity index (χ3v) is 4.87. The number of hydrogen-bond donors (Lipinski definition) is 2. The Labute approximate surface area is 160 Å². The average Bonchev–Trinajstić information content (AvgIpc) is 3.04. The van der Waals surface area contributed by atoms with Gasteiger partial charge in [-0.15, -0.1) is 35.3 Å². The number of nitrogens with zero attached hydrogens (tertiary/aromatic N) is 2. The van der Waals surface area contributed by atoms with Crippen LogP contribution in [-0.2, 0) is 11.3 Å². The van der Waals surface area contributed by atoms with Gasteiger partial charge in [0.2, 0.25) is 0 Å². The van der Waals surface area contributed by atoms with E-state index in [9.17, 15) is 0 Å². The monoisotopic (exact) mass is 452 g/mol. The lowest BCUT2D eigenvalue weighted by molar-refractivity contribution is 0.00752. The van der Waals surface area contributed by atoms with Gasteiger partial charge in [0.1, 0.15) is 0 Å². The molecule has 1 aromatic rings. The molecule has 1 aliphatic heterocycles. The van der Waals surface area contributed by atoms with Crippen LogP contribution in [0.2, 0.25) is 0 Å². The maximum absolute atomic E-state index is 5.46. The summed E-state index contributed by atoms with van der Waals surface area (Å²) in [6.07, 6.45) is 0. The second-order valence-corrected chi connectivity index (χ2v) is 6.88. The van der Waals surface area contributed by atoms with E-state index in [2.05, 4.69) is 51.9 Å². The van der Waals surface area contributed by atoms with Crippen LogP contribution in [0.4, 0.5) is 0 Å². The highest BCUT2D eigenvalue weighted by Gasteiger charge is 2.23. The van der Waals surface area contributed by atoms with Crippen LogP contribution in [0.25, 0.3) is 0 Å². The summed E-state index contributed by atoms with van der Waals surface area (Å²) < 4.78 is 5.46. The SMILES string of the molecule is CN=C(NCc1cccs1)NCC(C(C)C)N1CCOCC1.I. The van der Waals surface area contributed by atoms with Crippen LogP contribution < -0.4 is 10.6 Å². The zero-order valence-electron chi connectivity index (χ0n) is 14.2. The quantitative estimate of drug-likeness (QED) is 0.396. The topological polar surface area (TPSA) is 48.9 Å². The highest BCUT2D eigenvalue weighted by molar-refractivity contribution is 14.0. The predicted molar refractivity (Wildman–Crippen MR) is 109 cm³/mol. The van der Waals surface area contributed by atoms with E-state index in [4.69, 9.17) is 4.74 Å². The summed E-state index contributed by atoms with van der Waals surface area (Å²) in [6.45, 7) is 10.0. The third-order valence-electron chi connectivity index (χ3n) is 4.00. The molecule has 1 aromatic heterocycles. The van der Waals surface area contributed by atoms with E-state index in [0.717, 1.165) is 45.4 Å². The van der Waals surface area contributed by atoms with Crippen LogP contribution >= 0.6 is 35.3 Å². The summed E-state index contributed by atoms with van der Waals surface area (Å²) >= 11 is 1.76. The molecule has 0 saturated carbocycles. The molecule has 1 fully saturated rings. The number of hydrogen-bond acceptors (Lipinski definition) is 4. The van der Waals surface area contributed by atoms with Crippen molar-refractivity contribution < 1.29 is 4.74 Å². The van der Waals surface area contributed by atoms with Gasteiger partial charge in [0.05, 0.1) is 19.8 Å². The van der Waals surface area contributed by atoms with Crippen LogP contribution in [0.15, 0.2) is 22.5 Å². The van der Waals surface area contributed by atoms with Gasteiger partial charge in [-0.2, -0.15) is 0 Å². The molecule has 0 amide bonds. The molecule has 1 unspecified atom stereocenters. The van der Waals surface area contributed by atoms with Crippen LogP contribution in [0.3, 0.4) is 0 Å². The van der Waals surface area contributed by atoms with E-state index in [1.54, 1.807) is 11.3 Å². The molecule has 23 heavy (non-hydrogen) atoms. The Morgan fingerprint density at radius 1 is 1.35 bits per heavy atom. The van der Waals surface area contributed by atoms with Crippen molar-refractivity contribution in [3.63, 3.8) is 0 Å². The maximum Gasteiger partial charge on any atom is 0.191 e. The summed E-state index contributed by atoms with van der Waals surface area (Å²) in [7, 11) is 1.82. The summed E-state index contributed by atoms with van der Waals surface area (Å²) in [4.78, 5) is 8.16. The standard InChI is InChI=1S/C16H28N4OS.HI/c1-13(2)15(20-6-8-21-9-7-20)12-19-16(17-3)18-11-14-5-4-10-22-14;/h4-5,10,13,15H,6-9,11-12H2,1-3H3,(H2,17,18,19);1H. The van der Waals surface area contributed by atoms with Crippen molar-refractivity contribution in [3.8, 4) is 0 Å². The van der Waals surface area contributed by atoms with Gasteiger partial charge < -0.3 is 15.4 Å². The molecule has 0 aliphatic carbocycles. The normalized spacial score (nSPS) is 17.7. The first kappa shape index (κ1) is 20.7. The van der Waals surface area contributed by atoms with Crippen molar-refractivity contribution in [1.29, 1.82) is 0 Å². The van der Waals surface area contributed by atoms with Crippen molar-refractivity contribution in [2.24, 2.45) is 10.9 Å². The maximum atomic E-state index is 5.46. The molecule has 2 N–H and O–H groups in total. The number of nitrogens with one attached hydrogen (secondary N) is 2. The Morgan fingerprint density at radius 2 is 2.09 bits per heavy atom. The number of aliphatic imine (C=N–C) groups is 1. The molecule has 0 spiro atoms. The fourth-order valence-corrected chi connectivity index (χ4v) is 3.35. The van der Waals surface area contributed by atoms with Crippen LogP contribution in [0.1, 0.15) is 18.7 Å². The summed E-state index contributed by atoms with van der Waals surface area (Å²) in [5, 5.41) is 8.94. The smallest absolute Gasteiger partial charge is 0.191 e. The van der Waals surface area contributed by atoms with Crippen LogP contribution in [0.5, 0.6) is 0 Å². The predicted octanol–water partition coefficient (Wildman–Crippen LogP) is 2.39. The number of ether oxygens (including phenoxy) is 1. The number of halogens is 1. The molecule has 1 atom stereocenters. The van der Waals surface area contributed by atoms with Crippen molar-refractivity contribution in [2.45, 2.75) is 26.4 Å². The molecule has 7 heteroatoms. The number of rotatable bonds is 6. The molecule has 5 nitrogen and oxygen atoms in total. The van der Waals surface area contributed by atoms with E-state index >= 15 is 0 Å². The molecule has 0 bridgehead atoms. The second kappa shape index (κ2) is 11.2. The Balaban J connectivity index is 0.00000264. The second-order valence-electron chi connectivity index (χ2n) is 5.85. The number of morpholine rings is 1. The number of thiophene rings is 1. The zero-order valence-corrected chi connectivity index (χ0v) is 17.4. The Morgan fingerprint density at radius 3 is 2.65 bits per heavy atom. The first-order valence-corrected chi connectivity index (χ1v) is 8.87. The molecular weight excluding hydrogens is 423 g/mol. The van der Waals surface area contributed by atoms with Crippen molar-refractivity contribution >= 4 is 41.3 Å². The zero-order chi connectivity index (χ0) is 15.8. The van der Waals surface area contributed by atoms with E-state index in [0.29, 0.717) is 12.0 Å². The van der Waals surface area contributed by atoms with Crippen LogP contribution in [-0.4, -0.2) is 56.8 Å². The molecule has 2 heterocycles. The molecule has 1 saturated heterocycles. The Bertz CT molecular complexity index is 447. The minimum Gasteiger partial charge on any atom is -0.379 e. The molecule has 0 radical (unpaired) electrons. The van der Waals surface area contributed by atoms with Crippen molar-refractivity contribution in [1.82, 2.24) is 15.5 Å². The van der Waals surface area contributed by atoms with Crippen molar-refractivity contribution in [2.75, 3.05) is 39.9 Å². The molecule has 0 aromatic carbocycles. The first-order valence-electron chi connectivity index (χ1n) is 7.99. The van der Waals surface area contributed by atoms with Gasteiger partial charge in [0.25, 0.3) is 0 Å². The lowest BCUT2D eigenvalue weighted by atomic mass is 10.0. The summed E-state index contributed by atoms with van der Waals surface area (Å²) in [6, 6.07) is 4.71.